The third kappa shape index (κ3) is 5.11. The van der Waals surface area contributed by atoms with Crippen molar-refractivity contribution in [2.24, 2.45) is 11.5 Å². The van der Waals surface area contributed by atoms with Crippen molar-refractivity contribution in [3.63, 3.8) is 0 Å². The van der Waals surface area contributed by atoms with Gasteiger partial charge in [-0.25, -0.2) is 14.4 Å². The van der Waals surface area contributed by atoms with Crippen LogP contribution in [-0.4, -0.2) is 34.7 Å². The fraction of sp³-hybridized carbons (Fsp3) is 0.100. The second kappa shape index (κ2) is 8.89. The number of carbonyl (C=O) groups is 2. The average molecular weight is 395 g/mol. The predicted molar refractivity (Wildman–Crippen MR) is 105 cm³/mol. The lowest BCUT2D eigenvalue weighted by Gasteiger charge is -2.13. The average Bonchev–Trinajstić information content (AvgIpc) is 2.74. The number of amides is 1. The molecular formula is C20H18FN5O3. The van der Waals surface area contributed by atoms with Crippen LogP contribution in [0, 0.1) is 5.82 Å². The van der Waals surface area contributed by atoms with Gasteiger partial charge in [-0.3, -0.25) is 4.79 Å². The predicted octanol–water partition coefficient (Wildman–Crippen LogP) is 2.11. The molecule has 0 aliphatic heterocycles. The highest BCUT2D eigenvalue weighted by molar-refractivity contribution is 5.90. The minimum Gasteiger partial charge on any atom is -0.457 e. The third-order valence-corrected chi connectivity index (χ3v) is 3.90. The Labute approximate surface area is 165 Å². The summed E-state index contributed by atoms with van der Waals surface area (Å²) in [4.78, 5) is 30.7. The zero-order chi connectivity index (χ0) is 20.8. The fourth-order valence-electron chi connectivity index (χ4n) is 2.45. The van der Waals surface area contributed by atoms with E-state index >= 15 is 0 Å². The van der Waals surface area contributed by atoms with Crippen LogP contribution >= 0.6 is 0 Å². The Balaban J connectivity index is 1.86. The fourth-order valence-corrected chi connectivity index (χ4v) is 2.45. The Hall–Kier alpha value is -3.85. The number of carbonyl (C=O) groups excluding carboxylic acids is 2. The number of aromatic nitrogens is 2. The van der Waals surface area contributed by atoms with E-state index in [-0.39, 0.29) is 24.0 Å². The van der Waals surface area contributed by atoms with Crippen molar-refractivity contribution in [2.75, 3.05) is 11.9 Å². The van der Waals surface area contributed by atoms with E-state index in [2.05, 4.69) is 15.3 Å². The number of hydrogen-bond donors (Lipinski definition) is 3. The molecule has 8 nitrogen and oxygen atoms in total. The molecule has 0 aliphatic rings. The van der Waals surface area contributed by atoms with Gasteiger partial charge in [-0.2, -0.15) is 0 Å². The Kier molecular flexibility index (Phi) is 6.10. The summed E-state index contributed by atoms with van der Waals surface area (Å²) in [6.07, 6.45) is 0.646. The molecule has 1 amide bonds. The van der Waals surface area contributed by atoms with Gasteiger partial charge in [0, 0.05) is 18.2 Å². The van der Waals surface area contributed by atoms with Crippen LogP contribution in [0.2, 0.25) is 0 Å². The molecule has 0 saturated carbocycles. The van der Waals surface area contributed by atoms with E-state index in [0.29, 0.717) is 29.0 Å². The minimum atomic E-state index is -0.804. The molecule has 148 valence electrons. The number of benzene rings is 2. The molecule has 0 radical (unpaired) electrons. The molecule has 0 spiro atoms. The van der Waals surface area contributed by atoms with E-state index in [1.165, 1.54) is 24.3 Å². The first kappa shape index (κ1) is 19.9. The van der Waals surface area contributed by atoms with Gasteiger partial charge in [-0.1, -0.05) is 0 Å². The smallest absolute Gasteiger partial charge is 0.286 e. The summed E-state index contributed by atoms with van der Waals surface area (Å²) in [6, 6.07) is 13.4. The number of ether oxygens (including phenoxy) is 1. The van der Waals surface area contributed by atoms with Gasteiger partial charge < -0.3 is 26.3 Å². The van der Waals surface area contributed by atoms with Crippen LogP contribution in [0.4, 0.5) is 10.2 Å². The topological polar surface area (TPSA) is 133 Å². The van der Waals surface area contributed by atoms with Crippen LogP contribution < -0.4 is 21.5 Å². The van der Waals surface area contributed by atoms with E-state index in [9.17, 15) is 14.0 Å². The maximum absolute atomic E-state index is 13.0. The Bertz CT molecular complexity index is 1010. The van der Waals surface area contributed by atoms with Gasteiger partial charge in [0.25, 0.3) is 5.91 Å². The summed E-state index contributed by atoms with van der Waals surface area (Å²) >= 11 is 0. The quantitative estimate of drug-likeness (QED) is 0.497. The highest BCUT2D eigenvalue weighted by Crippen LogP contribution is 2.26. The van der Waals surface area contributed by atoms with E-state index in [4.69, 9.17) is 16.2 Å². The van der Waals surface area contributed by atoms with Crippen LogP contribution in [0.5, 0.6) is 11.5 Å². The molecule has 0 fully saturated rings. The van der Waals surface area contributed by atoms with Crippen molar-refractivity contribution in [3.05, 3.63) is 66.2 Å². The van der Waals surface area contributed by atoms with E-state index < -0.39 is 11.9 Å². The van der Waals surface area contributed by atoms with Gasteiger partial charge in [-0.05, 0) is 48.5 Å². The van der Waals surface area contributed by atoms with Crippen molar-refractivity contribution in [1.29, 1.82) is 0 Å². The van der Waals surface area contributed by atoms with Crippen molar-refractivity contribution < 1.29 is 18.7 Å². The second-order valence-electron chi connectivity index (χ2n) is 6.03. The van der Waals surface area contributed by atoms with Gasteiger partial charge in [0.2, 0.25) is 5.82 Å². The lowest BCUT2D eigenvalue weighted by molar-refractivity contribution is -0.108. The molecule has 1 heterocycles. The molecule has 2 aromatic carbocycles. The molecule has 0 aliphatic carbocycles. The standard InChI is InChI=1S/C20H18FN5O3/c21-13-3-7-16(8-4-13)29-15-5-1-12(2-6-15)17-9-18(24-14(10-22)11-27)26-20(25-17)19(23)28/h1-9,11,14H,10,22H2,(H2,23,28)(H,24,25,26). The molecule has 3 rings (SSSR count). The summed E-state index contributed by atoms with van der Waals surface area (Å²) in [6.45, 7) is 0.0597. The van der Waals surface area contributed by atoms with Gasteiger partial charge in [0.1, 0.15) is 29.4 Å². The zero-order valence-corrected chi connectivity index (χ0v) is 15.2. The third-order valence-electron chi connectivity index (χ3n) is 3.90. The number of hydrogen-bond acceptors (Lipinski definition) is 7. The lowest BCUT2D eigenvalue weighted by Crippen LogP contribution is -2.31. The largest absolute Gasteiger partial charge is 0.457 e. The van der Waals surface area contributed by atoms with E-state index in [0.717, 1.165) is 0 Å². The van der Waals surface area contributed by atoms with Gasteiger partial charge in [-0.15, -0.1) is 0 Å². The number of anilines is 1. The summed E-state index contributed by atoms with van der Waals surface area (Å²) < 4.78 is 18.6. The lowest BCUT2D eigenvalue weighted by atomic mass is 10.1. The molecule has 5 N–H and O–H groups in total. The van der Waals surface area contributed by atoms with Crippen LogP contribution in [0.1, 0.15) is 10.6 Å². The normalized spacial score (nSPS) is 11.5. The molecule has 0 bridgehead atoms. The Morgan fingerprint density at radius 2 is 1.72 bits per heavy atom. The van der Waals surface area contributed by atoms with Gasteiger partial charge >= 0.3 is 0 Å². The summed E-state index contributed by atoms with van der Waals surface area (Å²) in [5.41, 5.74) is 11.9. The SMILES string of the molecule is NCC(C=O)Nc1cc(-c2ccc(Oc3ccc(F)cc3)cc2)nc(C(N)=O)n1. The van der Waals surface area contributed by atoms with Gasteiger partial charge in [0.05, 0.1) is 11.7 Å². The Morgan fingerprint density at radius 1 is 1.10 bits per heavy atom. The second-order valence-corrected chi connectivity index (χ2v) is 6.03. The van der Waals surface area contributed by atoms with Crippen LogP contribution in [0.3, 0.4) is 0 Å². The van der Waals surface area contributed by atoms with Crippen molar-refractivity contribution >= 4 is 18.0 Å². The minimum absolute atomic E-state index is 0.0597. The van der Waals surface area contributed by atoms with Crippen molar-refractivity contribution in [2.45, 2.75) is 6.04 Å². The molecule has 1 unspecified atom stereocenters. The highest BCUT2D eigenvalue weighted by atomic mass is 19.1. The molecular weight excluding hydrogens is 377 g/mol. The zero-order valence-electron chi connectivity index (χ0n) is 15.2. The van der Waals surface area contributed by atoms with Gasteiger partial charge in [0.15, 0.2) is 0 Å². The maximum atomic E-state index is 13.0. The monoisotopic (exact) mass is 395 g/mol. The molecule has 3 aromatic rings. The number of nitrogens with zero attached hydrogens (tertiary/aromatic N) is 2. The molecule has 9 heteroatoms. The maximum Gasteiger partial charge on any atom is 0.286 e. The molecule has 0 saturated heterocycles. The first-order valence-electron chi connectivity index (χ1n) is 8.63. The number of aldehydes is 1. The van der Waals surface area contributed by atoms with Crippen LogP contribution in [-0.2, 0) is 4.79 Å². The highest BCUT2D eigenvalue weighted by Gasteiger charge is 2.13. The summed E-state index contributed by atoms with van der Waals surface area (Å²) in [7, 11) is 0. The summed E-state index contributed by atoms with van der Waals surface area (Å²) in [5, 5.41) is 2.83. The number of nitrogens with two attached hydrogens (primary N) is 2. The van der Waals surface area contributed by atoms with Crippen molar-refractivity contribution in [1.82, 2.24) is 9.97 Å². The molecule has 29 heavy (non-hydrogen) atoms. The first-order chi connectivity index (χ1) is 14.0. The summed E-state index contributed by atoms with van der Waals surface area (Å²) in [5.74, 6) is -0.0761. The molecule has 1 atom stereocenters. The number of rotatable bonds is 8. The number of nitrogens with one attached hydrogen (secondary N) is 1. The first-order valence-corrected chi connectivity index (χ1v) is 8.63. The van der Waals surface area contributed by atoms with Crippen LogP contribution in [0.15, 0.2) is 54.6 Å². The molecule has 1 aromatic heterocycles. The van der Waals surface area contributed by atoms with Crippen molar-refractivity contribution in [3.8, 4) is 22.8 Å². The van der Waals surface area contributed by atoms with Crippen LogP contribution in [0.25, 0.3) is 11.3 Å². The van der Waals surface area contributed by atoms with E-state index in [1.54, 1.807) is 30.3 Å². The Morgan fingerprint density at radius 3 is 2.28 bits per heavy atom. The van der Waals surface area contributed by atoms with E-state index in [1.807, 2.05) is 0 Å². The number of primary amides is 1. The number of halogens is 1.